The molecule has 7 nitrogen and oxygen atoms in total. The monoisotopic (exact) mass is 413 g/mol. The maximum Gasteiger partial charge on any atom is 0.248 e. The lowest BCUT2D eigenvalue weighted by molar-refractivity contribution is 0.1000. The molecule has 0 bridgehead atoms. The average molecular weight is 413 g/mol. The van der Waals surface area contributed by atoms with Crippen molar-refractivity contribution in [3.05, 3.63) is 88.5 Å². The molecule has 3 aromatic carbocycles. The van der Waals surface area contributed by atoms with Crippen LogP contribution >= 0.6 is 0 Å². The molecule has 0 aliphatic carbocycles. The number of fused-ring (bicyclic) bond motifs is 1. The Morgan fingerprint density at radius 3 is 2.45 bits per heavy atom. The zero-order valence-electron chi connectivity index (χ0n) is 16.6. The van der Waals surface area contributed by atoms with E-state index in [0.717, 1.165) is 5.56 Å². The van der Waals surface area contributed by atoms with Crippen LogP contribution in [0.5, 0.6) is 11.6 Å². The summed E-state index contributed by atoms with van der Waals surface area (Å²) >= 11 is 0. The van der Waals surface area contributed by atoms with Crippen LogP contribution in [-0.4, -0.2) is 33.1 Å². The molecule has 7 heteroatoms. The van der Waals surface area contributed by atoms with Crippen LogP contribution in [0.1, 0.15) is 37.4 Å². The maximum atomic E-state index is 12.9. The molecule has 0 spiro atoms. The predicted octanol–water partition coefficient (Wildman–Crippen LogP) is 3.97. The minimum atomic E-state index is -0.610. The van der Waals surface area contributed by atoms with Gasteiger partial charge in [-0.25, -0.2) is 0 Å². The van der Waals surface area contributed by atoms with Gasteiger partial charge in [-0.15, -0.1) is 0 Å². The SMILES string of the molecule is Cc1ccc(N=Cc2c(O)[nH]c3ccc(C(=O)c4cccc(C(N)=O)c4)cc23)cc1O. The fourth-order valence-electron chi connectivity index (χ4n) is 3.27. The van der Waals surface area contributed by atoms with Crippen molar-refractivity contribution in [2.24, 2.45) is 10.7 Å². The van der Waals surface area contributed by atoms with Crippen LogP contribution in [-0.2, 0) is 0 Å². The summed E-state index contributed by atoms with van der Waals surface area (Å²) < 4.78 is 0. The first kappa shape index (κ1) is 19.9. The Balaban J connectivity index is 1.73. The van der Waals surface area contributed by atoms with Crippen LogP contribution in [0.15, 0.2) is 65.7 Å². The maximum absolute atomic E-state index is 12.9. The molecule has 154 valence electrons. The standard InChI is InChI=1S/C24H19N3O4/c1-13-5-7-17(11-21(13)28)26-12-19-18-10-15(6-8-20(18)27-24(19)31)22(29)14-3-2-4-16(9-14)23(25)30/h2-12,27-28,31H,1H3,(H2,25,30). The second-order valence-electron chi connectivity index (χ2n) is 7.15. The van der Waals surface area contributed by atoms with Gasteiger partial charge in [0.1, 0.15) is 5.75 Å². The van der Waals surface area contributed by atoms with Gasteiger partial charge in [0.2, 0.25) is 5.91 Å². The van der Waals surface area contributed by atoms with E-state index in [0.29, 0.717) is 33.3 Å². The second kappa shape index (κ2) is 7.79. The van der Waals surface area contributed by atoms with Crippen molar-refractivity contribution in [3.63, 3.8) is 0 Å². The topological polar surface area (TPSA) is 129 Å². The number of benzene rings is 3. The number of nitrogens with one attached hydrogen (secondary N) is 1. The van der Waals surface area contributed by atoms with Crippen LogP contribution in [0.3, 0.4) is 0 Å². The van der Waals surface area contributed by atoms with Crippen molar-refractivity contribution in [1.82, 2.24) is 4.98 Å². The van der Waals surface area contributed by atoms with Gasteiger partial charge in [0.15, 0.2) is 11.7 Å². The van der Waals surface area contributed by atoms with E-state index in [4.69, 9.17) is 5.73 Å². The van der Waals surface area contributed by atoms with Gasteiger partial charge in [-0.3, -0.25) is 14.6 Å². The van der Waals surface area contributed by atoms with Crippen molar-refractivity contribution in [2.45, 2.75) is 6.92 Å². The molecule has 0 saturated carbocycles. The molecule has 4 rings (SSSR count). The number of amides is 1. The largest absolute Gasteiger partial charge is 0.508 e. The van der Waals surface area contributed by atoms with Crippen molar-refractivity contribution in [1.29, 1.82) is 0 Å². The summed E-state index contributed by atoms with van der Waals surface area (Å²) in [5.74, 6) is -0.849. The first-order valence-corrected chi connectivity index (χ1v) is 9.46. The lowest BCUT2D eigenvalue weighted by Gasteiger charge is -2.04. The van der Waals surface area contributed by atoms with E-state index in [1.54, 1.807) is 55.5 Å². The van der Waals surface area contributed by atoms with Crippen LogP contribution < -0.4 is 5.73 Å². The number of aromatic amines is 1. The van der Waals surface area contributed by atoms with Crippen molar-refractivity contribution in [2.75, 3.05) is 0 Å². The normalized spacial score (nSPS) is 11.3. The molecule has 0 unspecified atom stereocenters. The number of ketones is 1. The molecule has 31 heavy (non-hydrogen) atoms. The number of carbonyl (C=O) groups excluding carboxylic acids is 2. The number of aryl methyl sites for hydroxylation is 1. The Morgan fingerprint density at radius 2 is 1.71 bits per heavy atom. The average Bonchev–Trinajstić information content (AvgIpc) is 3.08. The van der Waals surface area contributed by atoms with Crippen molar-refractivity contribution in [3.8, 4) is 11.6 Å². The number of hydrogen-bond acceptors (Lipinski definition) is 5. The third-order valence-corrected chi connectivity index (χ3v) is 5.02. The highest BCUT2D eigenvalue weighted by molar-refractivity contribution is 6.13. The summed E-state index contributed by atoms with van der Waals surface area (Å²) in [6.45, 7) is 1.78. The highest BCUT2D eigenvalue weighted by Gasteiger charge is 2.15. The van der Waals surface area contributed by atoms with Gasteiger partial charge in [-0.05, 0) is 48.9 Å². The molecule has 0 fully saturated rings. The van der Waals surface area contributed by atoms with Gasteiger partial charge in [0, 0.05) is 39.9 Å². The smallest absolute Gasteiger partial charge is 0.248 e. The third-order valence-electron chi connectivity index (χ3n) is 5.02. The molecule has 1 aromatic heterocycles. The number of phenols is 1. The summed E-state index contributed by atoms with van der Waals surface area (Å²) in [5.41, 5.74) is 8.57. The van der Waals surface area contributed by atoms with Gasteiger partial charge in [0.05, 0.1) is 11.3 Å². The van der Waals surface area contributed by atoms with Crippen LogP contribution in [0.25, 0.3) is 10.9 Å². The minimum Gasteiger partial charge on any atom is -0.508 e. The quantitative estimate of drug-likeness (QED) is 0.291. The zero-order valence-corrected chi connectivity index (χ0v) is 16.6. The summed E-state index contributed by atoms with van der Waals surface area (Å²) in [4.78, 5) is 31.5. The van der Waals surface area contributed by atoms with E-state index in [-0.39, 0.29) is 23.0 Å². The summed E-state index contributed by atoms with van der Waals surface area (Å²) in [5, 5.41) is 20.8. The molecular weight excluding hydrogens is 394 g/mol. The van der Waals surface area contributed by atoms with Gasteiger partial charge in [-0.2, -0.15) is 0 Å². The lowest BCUT2D eigenvalue weighted by atomic mass is 9.99. The van der Waals surface area contributed by atoms with E-state index in [1.165, 1.54) is 18.3 Å². The Bertz CT molecular complexity index is 1370. The molecule has 0 aliphatic rings. The van der Waals surface area contributed by atoms with E-state index < -0.39 is 5.91 Å². The molecule has 1 amide bonds. The number of rotatable bonds is 5. The van der Waals surface area contributed by atoms with Crippen LogP contribution in [0.2, 0.25) is 0 Å². The first-order valence-electron chi connectivity index (χ1n) is 9.46. The van der Waals surface area contributed by atoms with E-state index in [2.05, 4.69) is 9.98 Å². The minimum absolute atomic E-state index is 0.0876. The number of H-pyrrole nitrogens is 1. The van der Waals surface area contributed by atoms with Gasteiger partial charge in [0.25, 0.3) is 0 Å². The molecule has 0 atom stereocenters. The number of nitrogens with two attached hydrogens (primary N) is 1. The number of carbonyl (C=O) groups is 2. The van der Waals surface area contributed by atoms with Crippen molar-refractivity contribution < 1.29 is 19.8 Å². The zero-order chi connectivity index (χ0) is 22.1. The predicted molar refractivity (Wildman–Crippen MR) is 118 cm³/mol. The van der Waals surface area contributed by atoms with Gasteiger partial charge < -0.3 is 20.9 Å². The van der Waals surface area contributed by atoms with Gasteiger partial charge in [-0.1, -0.05) is 18.2 Å². The molecule has 0 aliphatic heterocycles. The molecule has 0 radical (unpaired) electrons. The van der Waals surface area contributed by atoms with Crippen LogP contribution in [0.4, 0.5) is 5.69 Å². The van der Waals surface area contributed by atoms with Crippen LogP contribution in [0, 0.1) is 6.92 Å². The van der Waals surface area contributed by atoms with E-state index in [9.17, 15) is 19.8 Å². The van der Waals surface area contributed by atoms with Gasteiger partial charge >= 0.3 is 0 Å². The third kappa shape index (κ3) is 3.89. The molecule has 4 aromatic rings. The summed E-state index contributed by atoms with van der Waals surface area (Å²) in [7, 11) is 0. The van der Waals surface area contributed by atoms with Crippen molar-refractivity contribution >= 4 is 34.5 Å². The molecular formula is C24H19N3O4. The number of aliphatic imine (C=N–C) groups is 1. The summed E-state index contributed by atoms with van der Waals surface area (Å²) in [6.07, 6.45) is 1.47. The number of aromatic hydroxyl groups is 2. The second-order valence-corrected chi connectivity index (χ2v) is 7.15. The number of phenolic OH excluding ortho intramolecular Hbond substituents is 1. The molecule has 1 heterocycles. The van der Waals surface area contributed by atoms with E-state index >= 15 is 0 Å². The number of primary amides is 1. The molecule has 5 N–H and O–H groups in total. The Kier molecular flexibility index (Phi) is 5.00. The lowest BCUT2D eigenvalue weighted by Crippen LogP contribution is -2.12. The number of nitrogens with zero attached hydrogens (tertiary/aromatic N) is 1. The Labute approximate surface area is 177 Å². The fraction of sp³-hybridized carbons (Fsp3) is 0.0417. The first-order chi connectivity index (χ1) is 14.8. The molecule has 0 saturated heterocycles. The summed E-state index contributed by atoms with van der Waals surface area (Å²) in [6, 6.07) is 16.2. The number of hydrogen-bond donors (Lipinski definition) is 4. The number of aromatic nitrogens is 1. The Hall–Kier alpha value is -4.39. The Morgan fingerprint density at radius 1 is 0.968 bits per heavy atom. The van der Waals surface area contributed by atoms with E-state index in [1.807, 2.05) is 0 Å². The highest BCUT2D eigenvalue weighted by Crippen LogP contribution is 2.29. The fourth-order valence-corrected chi connectivity index (χ4v) is 3.27. The highest BCUT2D eigenvalue weighted by atomic mass is 16.3.